The van der Waals surface area contributed by atoms with Crippen LogP contribution in [0.15, 0.2) is 59.8 Å². The van der Waals surface area contributed by atoms with Crippen LogP contribution >= 0.6 is 0 Å². The number of hydrogen-bond acceptors (Lipinski definition) is 6. The third-order valence-electron chi connectivity index (χ3n) is 6.33. The van der Waals surface area contributed by atoms with E-state index in [4.69, 9.17) is 9.47 Å². The number of anilines is 1. The number of rotatable bonds is 8. The third-order valence-corrected chi connectivity index (χ3v) is 6.33. The van der Waals surface area contributed by atoms with Crippen molar-refractivity contribution < 1.29 is 19.1 Å². The molecule has 186 valence electrons. The fraction of sp³-hybridized carbons (Fsp3) is 0.407. The van der Waals surface area contributed by atoms with Crippen molar-refractivity contribution in [1.29, 1.82) is 0 Å². The first kappa shape index (κ1) is 24.6. The monoisotopic (exact) mass is 478 g/mol. The van der Waals surface area contributed by atoms with E-state index in [1.165, 1.54) is 11.3 Å². The number of hydrogen-bond donors (Lipinski definition) is 2. The minimum Gasteiger partial charge on any atom is -0.494 e. The Morgan fingerprint density at radius 1 is 0.971 bits per heavy atom. The van der Waals surface area contributed by atoms with Gasteiger partial charge in [-0.05, 0) is 50.6 Å². The molecule has 2 aliphatic rings. The van der Waals surface area contributed by atoms with Gasteiger partial charge in [0, 0.05) is 44.1 Å². The first-order chi connectivity index (χ1) is 17.0. The number of esters is 1. The number of nitrogens with one attached hydrogen (secondary N) is 2. The maximum Gasteiger partial charge on any atom is 0.338 e. The van der Waals surface area contributed by atoms with Crippen LogP contribution in [0.1, 0.15) is 31.0 Å². The second-order valence-electron chi connectivity index (χ2n) is 8.74. The van der Waals surface area contributed by atoms with Crippen LogP contribution in [0, 0.1) is 6.92 Å². The van der Waals surface area contributed by atoms with Crippen molar-refractivity contribution in [1.82, 2.24) is 15.5 Å². The Morgan fingerprint density at radius 3 is 2.29 bits per heavy atom. The van der Waals surface area contributed by atoms with Crippen molar-refractivity contribution in [2.75, 3.05) is 50.8 Å². The van der Waals surface area contributed by atoms with Gasteiger partial charge in [0.15, 0.2) is 0 Å². The molecule has 8 nitrogen and oxygen atoms in total. The predicted octanol–water partition coefficient (Wildman–Crippen LogP) is 3.39. The number of benzene rings is 2. The quantitative estimate of drug-likeness (QED) is 0.566. The Bertz CT molecular complexity index is 1060. The summed E-state index contributed by atoms with van der Waals surface area (Å²) in [6.45, 7) is 10.5. The number of piperazine rings is 1. The van der Waals surface area contributed by atoms with Crippen LogP contribution in [-0.2, 0) is 9.53 Å². The van der Waals surface area contributed by atoms with Gasteiger partial charge in [0.25, 0.3) is 0 Å². The maximum absolute atomic E-state index is 13.1. The standard InChI is InChI=1S/C27H34N4O4/c1-4-34-22-12-8-20(9-13-22)25-24(26(32)35-5-2)23(28-27(33)29-25)18-30-14-16-31(17-15-30)21-10-6-19(3)7-11-21/h6-13,25H,4-5,14-18H2,1-3H3,(H2,28,29,33)/t25-/m1/s1. The molecule has 1 saturated heterocycles. The van der Waals surface area contributed by atoms with E-state index in [9.17, 15) is 9.59 Å². The van der Waals surface area contributed by atoms with Crippen LogP contribution in [0.2, 0.25) is 0 Å². The summed E-state index contributed by atoms with van der Waals surface area (Å²) in [4.78, 5) is 30.3. The van der Waals surface area contributed by atoms with Gasteiger partial charge in [-0.2, -0.15) is 0 Å². The molecule has 2 aromatic rings. The van der Waals surface area contributed by atoms with E-state index in [1.54, 1.807) is 6.92 Å². The van der Waals surface area contributed by atoms with Crippen LogP contribution in [-0.4, -0.2) is 62.8 Å². The molecule has 1 fully saturated rings. The average molecular weight is 479 g/mol. The van der Waals surface area contributed by atoms with Gasteiger partial charge in [-0.25, -0.2) is 9.59 Å². The molecule has 8 heteroatoms. The zero-order valence-electron chi connectivity index (χ0n) is 20.7. The van der Waals surface area contributed by atoms with Crippen LogP contribution in [0.3, 0.4) is 0 Å². The first-order valence-electron chi connectivity index (χ1n) is 12.2. The molecule has 2 heterocycles. The molecule has 0 unspecified atom stereocenters. The SMILES string of the molecule is CCOC(=O)C1=C(CN2CCN(c3ccc(C)cc3)CC2)NC(=O)N[C@@H]1c1ccc(OCC)cc1. The summed E-state index contributed by atoms with van der Waals surface area (Å²) in [5, 5.41) is 5.78. The Balaban J connectivity index is 1.54. The molecule has 0 aromatic heterocycles. The van der Waals surface area contributed by atoms with Crippen molar-refractivity contribution >= 4 is 17.7 Å². The van der Waals surface area contributed by atoms with Crippen LogP contribution in [0.5, 0.6) is 5.75 Å². The number of nitrogens with zero attached hydrogens (tertiary/aromatic N) is 2. The van der Waals surface area contributed by atoms with Gasteiger partial charge in [-0.3, -0.25) is 4.90 Å². The van der Waals surface area contributed by atoms with E-state index in [0.29, 0.717) is 24.4 Å². The van der Waals surface area contributed by atoms with Crippen molar-refractivity contribution in [3.8, 4) is 5.75 Å². The number of aryl methyl sites for hydroxylation is 1. The molecule has 35 heavy (non-hydrogen) atoms. The summed E-state index contributed by atoms with van der Waals surface area (Å²) in [6.07, 6.45) is 0. The number of ether oxygens (including phenoxy) is 2. The van der Waals surface area contributed by atoms with Crippen LogP contribution < -0.4 is 20.3 Å². The summed E-state index contributed by atoms with van der Waals surface area (Å²) in [5.41, 5.74) is 4.29. The van der Waals surface area contributed by atoms with Crippen LogP contribution in [0.4, 0.5) is 10.5 Å². The number of urea groups is 1. The molecule has 0 bridgehead atoms. The van der Waals surface area contributed by atoms with Crippen LogP contribution in [0.25, 0.3) is 0 Å². The second-order valence-corrected chi connectivity index (χ2v) is 8.74. The van der Waals surface area contributed by atoms with Crippen molar-refractivity contribution in [3.63, 3.8) is 0 Å². The first-order valence-corrected chi connectivity index (χ1v) is 12.2. The normalized spacial score (nSPS) is 18.7. The zero-order valence-corrected chi connectivity index (χ0v) is 20.7. The molecule has 4 rings (SSSR count). The van der Waals surface area contributed by atoms with Crippen molar-refractivity contribution in [3.05, 3.63) is 70.9 Å². The Morgan fingerprint density at radius 2 is 1.66 bits per heavy atom. The highest BCUT2D eigenvalue weighted by Crippen LogP contribution is 2.30. The van der Waals surface area contributed by atoms with Gasteiger partial charge in [-0.15, -0.1) is 0 Å². The van der Waals surface area contributed by atoms with E-state index in [2.05, 4.69) is 51.6 Å². The Kier molecular flexibility index (Phi) is 7.92. The van der Waals surface area contributed by atoms with Crippen molar-refractivity contribution in [2.45, 2.75) is 26.8 Å². The predicted molar refractivity (Wildman–Crippen MR) is 136 cm³/mol. The summed E-state index contributed by atoms with van der Waals surface area (Å²) in [5.74, 6) is 0.317. The van der Waals surface area contributed by atoms with E-state index < -0.39 is 12.0 Å². The van der Waals surface area contributed by atoms with E-state index >= 15 is 0 Å². The summed E-state index contributed by atoms with van der Waals surface area (Å²) in [7, 11) is 0. The average Bonchev–Trinajstić information content (AvgIpc) is 2.85. The Labute approximate surface area is 206 Å². The molecular formula is C27H34N4O4. The highest BCUT2D eigenvalue weighted by molar-refractivity contribution is 5.95. The largest absolute Gasteiger partial charge is 0.494 e. The molecule has 0 radical (unpaired) electrons. The lowest BCUT2D eigenvalue weighted by atomic mass is 9.94. The van der Waals surface area contributed by atoms with E-state index in [0.717, 1.165) is 37.5 Å². The van der Waals surface area contributed by atoms with Crippen molar-refractivity contribution in [2.24, 2.45) is 0 Å². The number of carbonyl (C=O) groups is 2. The smallest absolute Gasteiger partial charge is 0.338 e. The van der Waals surface area contributed by atoms with Gasteiger partial charge >= 0.3 is 12.0 Å². The molecule has 0 spiro atoms. The summed E-state index contributed by atoms with van der Waals surface area (Å²) in [6, 6.07) is 15.1. The lowest BCUT2D eigenvalue weighted by molar-refractivity contribution is -0.139. The molecule has 1 atom stereocenters. The molecule has 2 aromatic carbocycles. The minimum atomic E-state index is -0.595. The minimum absolute atomic E-state index is 0.259. The van der Waals surface area contributed by atoms with E-state index in [1.807, 2.05) is 31.2 Å². The molecular weight excluding hydrogens is 444 g/mol. The van der Waals surface area contributed by atoms with Gasteiger partial charge in [0.1, 0.15) is 5.75 Å². The second kappa shape index (κ2) is 11.3. The lowest BCUT2D eigenvalue weighted by Gasteiger charge is -2.38. The maximum atomic E-state index is 13.1. The highest BCUT2D eigenvalue weighted by Gasteiger charge is 2.34. The molecule has 2 N–H and O–H groups in total. The van der Waals surface area contributed by atoms with Gasteiger partial charge in [0.05, 0.1) is 24.8 Å². The van der Waals surface area contributed by atoms with Gasteiger partial charge in [-0.1, -0.05) is 29.8 Å². The summed E-state index contributed by atoms with van der Waals surface area (Å²) >= 11 is 0. The number of amides is 2. The molecule has 0 saturated carbocycles. The zero-order chi connectivity index (χ0) is 24.8. The molecule has 2 aliphatic heterocycles. The Hall–Kier alpha value is -3.52. The summed E-state index contributed by atoms with van der Waals surface area (Å²) < 4.78 is 10.9. The fourth-order valence-electron chi connectivity index (χ4n) is 4.51. The van der Waals surface area contributed by atoms with E-state index in [-0.39, 0.29) is 12.6 Å². The fourth-order valence-corrected chi connectivity index (χ4v) is 4.51. The molecule has 2 amide bonds. The molecule has 0 aliphatic carbocycles. The topological polar surface area (TPSA) is 83.1 Å². The number of carbonyl (C=O) groups excluding carboxylic acids is 2. The lowest BCUT2D eigenvalue weighted by Crippen LogP contribution is -2.51. The van der Waals surface area contributed by atoms with Gasteiger partial charge in [0.2, 0.25) is 0 Å². The van der Waals surface area contributed by atoms with Gasteiger partial charge < -0.3 is 25.0 Å². The highest BCUT2D eigenvalue weighted by atomic mass is 16.5. The third kappa shape index (κ3) is 5.95.